The summed E-state index contributed by atoms with van der Waals surface area (Å²) in [5.41, 5.74) is 0. The molecule has 0 aromatic carbocycles. The minimum absolute atomic E-state index is 0.0199. The first-order valence-corrected chi connectivity index (χ1v) is 3.83. The average molecular weight is 157 g/mol. The van der Waals surface area contributed by atoms with E-state index in [1.807, 2.05) is 13.8 Å². The number of hydrogen-bond acceptors (Lipinski definition) is 2. The van der Waals surface area contributed by atoms with E-state index in [-0.39, 0.29) is 17.7 Å². The van der Waals surface area contributed by atoms with Gasteiger partial charge in [-0.3, -0.25) is 9.59 Å². The highest BCUT2D eigenvalue weighted by atomic mass is 16.1. The Morgan fingerprint density at radius 3 is 2.45 bits per heavy atom. The fourth-order valence-corrected chi connectivity index (χ4v) is 0.991. The number of ketones is 1. The molecule has 0 bridgehead atoms. The third-order valence-electron chi connectivity index (χ3n) is 1.90. The molecule has 0 radical (unpaired) electrons. The van der Waals surface area contributed by atoms with Gasteiger partial charge in [0.05, 0.1) is 6.04 Å². The smallest absolute Gasteiger partial charge is 0.207 e. The van der Waals surface area contributed by atoms with Gasteiger partial charge in [0.25, 0.3) is 0 Å². The third kappa shape index (κ3) is 3.16. The Bertz CT molecular complexity index is 145. The van der Waals surface area contributed by atoms with Crippen molar-refractivity contribution in [3.05, 3.63) is 0 Å². The highest BCUT2D eigenvalue weighted by Crippen LogP contribution is 2.07. The standard InChI is InChI=1S/C8H15NO2/c1-4-6(2)8(7(3)11)9-5-10/h5-6,8H,4H2,1-3H3,(H,9,10)/t6-,8+/m1/s1. The quantitative estimate of drug-likeness (QED) is 0.598. The monoisotopic (exact) mass is 157 g/mol. The van der Waals surface area contributed by atoms with Crippen molar-refractivity contribution >= 4 is 12.2 Å². The lowest BCUT2D eigenvalue weighted by atomic mass is 9.96. The number of nitrogens with one attached hydrogen (secondary N) is 1. The molecule has 1 N–H and O–H groups in total. The van der Waals surface area contributed by atoms with Crippen LogP contribution in [0.4, 0.5) is 0 Å². The molecule has 0 aromatic rings. The molecule has 1 amide bonds. The lowest BCUT2D eigenvalue weighted by Gasteiger charge is -2.18. The minimum Gasteiger partial charge on any atom is -0.349 e. The summed E-state index contributed by atoms with van der Waals surface area (Å²) in [6.07, 6.45) is 1.48. The Morgan fingerprint density at radius 1 is 1.64 bits per heavy atom. The number of amides is 1. The van der Waals surface area contributed by atoms with Crippen molar-refractivity contribution < 1.29 is 9.59 Å². The Labute approximate surface area is 67.2 Å². The second-order valence-electron chi connectivity index (χ2n) is 2.76. The van der Waals surface area contributed by atoms with Crippen LogP contribution >= 0.6 is 0 Å². The first-order chi connectivity index (χ1) is 5.13. The molecule has 0 heterocycles. The van der Waals surface area contributed by atoms with Gasteiger partial charge in [-0.25, -0.2) is 0 Å². The predicted octanol–water partition coefficient (Wildman–Crippen LogP) is 0.736. The summed E-state index contributed by atoms with van der Waals surface area (Å²) in [7, 11) is 0. The van der Waals surface area contributed by atoms with Crippen LogP contribution in [0, 0.1) is 5.92 Å². The van der Waals surface area contributed by atoms with Gasteiger partial charge in [-0.05, 0) is 12.8 Å². The molecule has 0 aliphatic heterocycles. The number of rotatable bonds is 5. The Hall–Kier alpha value is -0.860. The topological polar surface area (TPSA) is 46.2 Å². The molecule has 0 saturated heterocycles. The molecule has 0 aliphatic carbocycles. The predicted molar refractivity (Wildman–Crippen MR) is 43.1 cm³/mol. The van der Waals surface area contributed by atoms with E-state index in [0.717, 1.165) is 6.42 Å². The van der Waals surface area contributed by atoms with Crippen LogP contribution in [0.15, 0.2) is 0 Å². The molecule has 3 nitrogen and oxygen atoms in total. The van der Waals surface area contributed by atoms with Gasteiger partial charge in [0, 0.05) is 0 Å². The molecular formula is C8H15NO2. The summed E-state index contributed by atoms with van der Waals surface area (Å²) in [6, 6.07) is -0.308. The van der Waals surface area contributed by atoms with Gasteiger partial charge in [0.1, 0.15) is 0 Å². The fourth-order valence-electron chi connectivity index (χ4n) is 0.991. The Morgan fingerprint density at radius 2 is 2.18 bits per heavy atom. The van der Waals surface area contributed by atoms with Crippen LogP contribution in [0.5, 0.6) is 0 Å². The van der Waals surface area contributed by atoms with Crippen LogP contribution in [0.1, 0.15) is 27.2 Å². The minimum atomic E-state index is -0.308. The summed E-state index contributed by atoms with van der Waals surface area (Å²) >= 11 is 0. The summed E-state index contributed by atoms with van der Waals surface area (Å²) < 4.78 is 0. The fraction of sp³-hybridized carbons (Fsp3) is 0.750. The van der Waals surface area contributed by atoms with Gasteiger partial charge in [0.2, 0.25) is 6.41 Å². The highest BCUT2D eigenvalue weighted by Gasteiger charge is 2.18. The number of carbonyl (C=O) groups excluding carboxylic acids is 2. The first-order valence-electron chi connectivity index (χ1n) is 3.83. The zero-order valence-electron chi connectivity index (χ0n) is 7.26. The maximum absolute atomic E-state index is 10.9. The zero-order valence-corrected chi connectivity index (χ0v) is 7.26. The van der Waals surface area contributed by atoms with Gasteiger partial charge in [-0.1, -0.05) is 20.3 Å². The second kappa shape index (κ2) is 4.88. The molecule has 0 saturated carbocycles. The molecule has 3 heteroatoms. The van der Waals surface area contributed by atoms with E-state index in [0.29, 0.717) is 6.41 Å². The highest BCUT2D eigenvalue weighted by molar-refractivity contribution is 5.83. The van der Waals surface area contributed by atoms with Crippen molar-refractivity contribution in [1.29, 1.82) is 0 Å². The SMILES string of the molecule is CC[C@@H](C)[C@H](NC=O)C(C)=O. The molecule has 11 heavy (non-hydrogen) atoms. The maximum Gasteiger partial charge on any atom is 0.207 e. The van der Waals surface area contributed by atoms with Gasteiger partial charge >= 0.3 is 0 Å². The van der Waals surface area contributed by atoms with Crippen LogP contribution in [0.2, 0.25) is 0 Å². The maximum atomic E-state index is 10.9. The average Bonchev–Trinajstić information content (AvgIpc) is 1.98. The van der Waals surface area contributed by atoms with Crippen molar-refractivity contribution in [1.82, 2.24) is 5.32 Å². The molecule has 0 spiro atoms. The van der Waals surface area contributed by atoms with Crippen LogP contribution in [0.25, 0.3) is 0 Å². The van der Waals surface area contributed by atoms with E-state index < -0.39 is 0 Å². The van der Waals surface area contributed by atoms with Gasteiger partial charge < -0.3 is 5.32 Å². The summed E-state index contributed by atoms with van der Waals surface area (Å²) in [6.45, 7) is 5.43. The van der Waals surface area contributed by atoms with Crippen LogP contribution < -0.4 is 5.32 Å². The molecule has 0 unspecified atom stereocenters. The first kappa shape index (κ1) is 10.1. The molecule has 0 aliphatic rings. The number of carbonyl (C=O) groups is 2. The molecular weight excluding hydrogens is 142 g/mol. The molecule has 64 valence electrons. The normalized spacial score (nSPS) is 15.2. The van der Waals surface area contributed by atoms with E-state index >= 15 is 0 Å². The van der Waals surface area contributed by atoms with E-state index in [1.54, 1.807) is 0 Å². The van der Waals surface area contributed by atoms with Crippen LogP contribution in [-0.4, -0.2) is 18.2 Å². The van der Waals surface area contributed by atoms with Gasteiger partial charge in [0.15, 0.2) is 5.78 Å². The largest absolute Gasteiger partial charge is 0.349 e. The number of hydrogen-bond donors (Lipinski definition) is 1. The van der Waals surface area contributed by atoms with Crippen molar-refractivity contribution in [2.24, 2.45) is 5.92 Å². The van der Waals surface area contributed by atoms with E-state index in [2.05, 4.69) is 5.32 Å². The van der Waals surface area contributed by atoms with Crippen LogP contribution in [0.3, 0.4) is 0 Å². The van der Waals surface area contributed by atoms with Gasteiger partial charge in [-0.2, -0.15) is 0 Å². The van der Waals surface area contributed by atoms with E-state index in [4.69, 9.17) is 0 Å². The second-order valence-corrected chi connectivity index (χ2v) is 2.76. The number of Topliss-reactive ketones (excluding diaryl/α,β-unsaturated/α-hetero) is 1. The van der Waals surface area contributed by atoms with Crippen molar-refractivity contribution in [3.63, 3.8) is 0 Å². The zero-order chi connectivity index (χ0) is 8.85. The van der Waals surface area contributed by atoms with Gasteiger partial charge in [-0.15, -0.1) is 0 Å². The molecule has 0 rings (SSSR count). The van der Waals surface area contributed by atoms with Crippen molar-refractivity contribution in [2.45, 2.75) is 33.2 Å². The summed E-state index contributed by atoms with van der Waals surface area (Å²) in [5, 5.41) is 2.50. The lowest BCUT2D eigenvalue weighted by molar-refractivity contribution is -0.123. The van der Waals surface area contributed by atoms with Crippen molar-refractivity contribution in [2.75, 3.05) is 0 Å². The van der Waals surface area contributed by atoms with E-state index in [1.165, 1.54) is 6.92 Å². The third-order valence-corrected chi connectivity index (χ3v) is 1.90. The summed E-state index contributed by atoms with van der Waals surface area (Å²) in [5.74, 6) is 0.240. The summed E-state index contributed by atoms with van der Waals surface area (Å²) in [4.78, 5) is 21.0. The molecule has 2 atom stereocenters. The molecule has 0 fully saturated rings. The van der Waals surface area contributed by atoms with Crippen LogP contribution in [-0.2, 0) is 9.59 Å². The Balaban J connectivity index is 4.08. The lowest BCUT2D eigenvalue weighted by Crippen LogP contribution is -2.39. The molecule has 0 aromatic heterocycles. The Kier molecular flexibility index (Phi) is 4.50. The van der Waals surface area contributed by atoms with E-state index in [9.17, 15) is 9.59 Å². The van der Waals surface area contributed by atoms with Crippen molar-refractivity contribution in [3.8, 4) is 0 Å².